The van der Waals surface area contributed by atoms with Crippen LogP contribution in [0.2, 0.25) is 0 Å². The third-order valence-corrected chi connectivity index (χ3v) is 2.49. The molecule has 0 bridgehead atoms. The molecule has 1 aromatic carbocycles. The molecule has 2 rings (SSSR count). The molecule has 0 heterocycles. The lowest BCUT2D eigenvalue weighted by atomic mass is 9.89. The molecule has 2 heteroatoms. The molecule has 1 aliphatic rings. The van der Waals surface area contributed by atoms with E-state index in [1.165, 1.54) is 5.56 Å². The van der Waals surface area contributed by atoms with Gasteiger partial charge < -0.3 is 9.84 Å². The second-order valence-corrected chi connectivity index (χ2v) is 3.32. The predicted octanol–water partition coefficient (Wildman–Crippen LogP) is 2.28. The molecule has 0 saturated carbocycles. The average Bonchev–Trinajstić information content (AvgIpc) is 2.18. The van der Waals surface area contributed by atoms with Crippen LogP contribution in [0, 0.1) is 6.10 Å². The third kappa shape index (κ3) is 1.54. The van der Waals surface area contributed by atoms with E-state index in [0.717, 1.165) is 30.6 Å². The van der Waals surface area contributed by atoms with Crippen molar-refractivity contribution in [3.8, 4) is 5.75 Å². The first-order valence-corrected chi connectivity index (χ1v) is 4.53. The maximum atomic E-state index is 9.64. The van der Waals surface area contributed by atoms with Gasteiger partial charge in [-0.25, -0.2) is 0 Å². The van der Waals surface area contributed by atoms with Crippen molar-refractivity contribution in [1.29, 1.82) is 0 Å². The third-order valence-electron chi connectivity index (χ3n) is 2.49. The number of aliphatic hydroxyl groups excluding tert-OH is 1. The van der Waals surface area contributed by atoms with Crippen LogP contribution in [0.15, 0.2) is 18.2 Å². The van der Waals surface area contributed by atoms with E-state index in [4.69, 9.17) is 4.74 Å². The highest BCUT2D eigenvalue weighted by molar-refractivity contribution is 5.43. The largest absolute Gasteiger partial charge is 0.497 e. The van der Waals surface area contributed by atoms with Crippen LogP contribution >= 0.6 is 0 Å². The van der Waals surface area contributed by atoms with Gasteiger partial charge in [0.1, 0.15) is 11.9 Å². The van der Waals surface area contributed by atoms with E-state index in [1.807, 2.05) is 18.2 Å². The normalized spacial score (nSPS) is 16.8. The number of fused-ring (bicyclic) bond motifs is 1. The van der Waals surface area contributed by atoms with E-state index in [2.05, 4.69) is 0 Å². The van der Waals surface area contributed by atoms with E-state index in [1.54, 1.807) is 7.11 Å². The molecule has 0 spiro atoms. The number of aryl methyl sites for hydroxylation is 1. The van der Waals surface area contributed by atoms with Crippen LogP contribution in [0.25, 0.3) is 0 Å². The fourth-order valence-corrected chi connectivity index (χ4v) is 1.75. The molecule has 69 valence electrons. The first kappa shape index (κ1) is 8.57. The number of benzene rings is 1. The number of aliphatic hydroxyl groups is 1. The molecule has 0 saturated heterocycles. The molecule has 0 aliphatic heterocycles. The minimum atomic E-state index is 0.500. The number of ether oxygens (including phenoxy) is 1. The summed E-state index contributed by atoms with van der Waals surface area (Å²) in [6, 6.07) is 5.88. The second kappa shape index (κ2) is 3.38. The lowest BCUT2D eigenvalue weighted by molar-refractivity contribution is 0.299. The Bertz CT molecular complexity index is 307. The van der Waals surface area contributed by atoms with Crippen molar-refractivity contribution in [2.75, 3.05) is 7.11 Å². The van der Waals surface area contributed by atoms with Crippen LogP contribution in [0.1, 0.15) is 24.0 Å². The van der Waals surface area contributed by atoms with Crippen LogP contribution in [-0.2, 0) is 6.42 Å². The van der Waals surface area contributed by atoms with E-state index in [-0.39, 0.29) is 0 Å². The van der Waals surface area contributed by atoms with Gasteiger partial charge >= 0.3 is 0 Å². The molecule has 0 amide bonds. The van der Waals surface area contributed by atoms with E-state index >= 15 is 0 Å². The molecule has 1 aromatic rings. The lowest BCUT2D eigenvalue weighted by Crippen LogP contribution is -2.09. The Balaban J connectivity index is 2.41. The molecule has 0 fully saturated rings. The summed E-state index contributed by atoms with van der Waals surface area (Å²) >= 11 is 0. The summed E-state index contributed by atoms with van der Waals surface area (Å²) in [4.78, 5) is 0. The Labute approximate surface area is 78.2 Å². The maximum Gasteiger partial charge on any atom is 0.123 e. The predicted molar refractivity (Wildman–Crippen MR) is 50.2 cm³/mol. The molecular formula is C11H13O2. The van der Waals surface area contributed by atoms with Gasteiger partial charge in [-0.3, -0.25) is 0 Å². The van der Waals surface area contributed by atoms with Crippen molar-refractivity contribution in [3.05, 3.63) is 35.4 Å². The van der Waals surface area contributed by atoms with Crippen molar-refractivity contribution in [2.24, 2.45) is 0 Å². The minimum Gasteiger partial charge on any atom is -0.497 e. The van der Waals surface area contributed by atoms with Gasteiger partial charge in [-0.15, -0.1) is 0 Å². The molecule has 1 radical (unpaired) electrons. The first-order chi connectivity index (χ1) is 6.31. The van der Waals surface area contributed by atoms with Gasteiger partial charge in [0.15, 0.2) is 0 Å². The van der Waals surface area contributed by atoms with E-state index in [9.17, 15) is 5.11 Å². The average molecular weight is 177 g/mol. The Morgan fingerprint density at radius 3 is 2.92 bits per heavy atom. The Morgan fingerprint density at radius 2 is 2.15 bits per heavy atom. The molecular weight excluding hydrogens is 164 g/mol. The molecule has 1 aliphatic carbocycles. The second-order valence-electron chi connectivity index (χ2n) is 3.32. The summed E-state index contributed by atoms with van der Waals surface area (Å²) in [5, 5.41) is 9.64. The van der Waals surface area contributed by atoms with Crippen molar-refractivity contribution in [2.45, 2.75) is 19.3 Å². The van der Waals surface area contributed by atoms with Crippen LogP contribution in [0.3, 0.4) is 0 Å². The number of methoxy groups -OCH3 is 1. The molecule has 13 heavy (non-hydrogen) atoms. The van der Waals surface area contributed by atoms with Crippen LogP contribution in [0.4, 0.5) is 0 Å². The zero-order valence-electron chi connectivity index (χ0n) is 7.71. The van der Waals surface area contributed by atoms with Gasteiger partial charge in [-0.05, 0) is 42.5 Å². The van der Waals surface area contributed by atoms with Crippen LogP contribution in [0.5, 0.6) is 5.75 Å². The van der Waals surface area contributed by atoms with E-state index < -0.39 is 0 Å². The summed E-state index contributed by atoms with van der Waals surface area (Å²) in [7, 11) is 1.64. The fraction of sp³-hybridized carbons (Fsp3) is 0.364. The van der Waals surface area contributed by atoms with E-state index in [0.29, 0.717) is 6.10 Å². The Kier molecular flexibility index (Phi) is 2.23. The standard InChI is InChI=1S/C11H13O2/c1-13-9-6-5-8-3-2-4-11(12)10(8)7-9/h5-7,12H,2-4H2,1H3. The molecule has 1 N–H and O–H groups in total. The number of hydrogen-bond acceptors (Lipinski definition) is 2. The Morgan fingerprint density at radius 1 is 1.31 bits per heavy atom. The minimum absolute atomic E-state index is 0.500. The molecule has 0 unspecified atom stereocenters. The van der Waals surface area contributed by atoms with Crippen molar-refractivity contribution in [1.82, 2.24) is 0 Å². The summed E-state index contributed by atoms with van der Waals surface area (Å²) in [6.45, 7) is 0. The van der Waals surface area contributed by atoms with Crippen molar-refractivity contribution >= 4 is 0 Å². The molecule has 0 atom stereocenters. The van der Waals surface area contributed by atoms with Gasteiger partial charge in [0.25, 0.3) is 0 Å². The quantitative estimate of drug-likeness (QED) is 0.713. The highest BCUT2D eigenvalue weighted by atomic mass is 16.5. The van der Waals surface area contributed by atoms with Gasteiger partial charge in [0.2, 0.25) is 0 Å². The number of hydrogen-bond donors (Lipinski definition) is 1. The fourth-order valence-electron chi connectivity index (χ4n) is 1.75. The monoisotopic (exact) mass is 177 g/mol. The highest BCUT2D eigenvalue weighted by Gasteiger charge is 2.18. The molecule has 0 aromatic heterocycles. The summed E-state index contributed by atoms with van der Waals surface area (Å²) in [6.07, 6.45) is 3.40. The van der Waals surface area contributed by atoms with Crippen LogP contribution < -0.4 is 4.74 Å². The summed E-state index contributed by atoms with van der Waals surface area (Å²) in [5.74, 6) is 0.812. The van der Waals surface area contributed by atoms with Crippen molar-refractivity contribution < 1.29 is 9.84 Å². The number of rotatable bonds is 1. The smallest absolute Gasteiger partial charge is 0.123 e. The zero-order chi connectivity index (χ0) is 9.26. The van der Waals surface area contributed by atoms with Gasteiger partial charge in [0, 0.05) is 0 Å². The zero-order valence-corrected chi connectivity index (χ0v) is 7.71. The van der Waals surface area contributed by atoms with Crippen molar-refractivity contribution in [3.63, 3.8) is 0 Å². The lowest BCUT2D eigenvalue weighted by Gasteiger charge is -2.20. The Hall–Kier alpha value is -1.02. The first-order valence-electron chi connectivity index (χ1n) is 4.53. The topological polar surface area (TPSA) is 29.5 Å². The SMILES string of the molecule is COc1ccc2c(c1)[C](O)CCC2. The van der Waals surface area contributed by atoms with Gasteiger partial charge in [-0.2, -0.15) is 0 Å². The highest BCUT2D eigenvalue weighted by Crippen LogP contribution is 2.31. The summed E-state index contributed by atoms with van der Waals surface area (Å²) in [5.41, 5.74) is 2.19. The van der Waals surface area contributed by atoms with Gasteiger partial charge in [0.05, 0.1) is 7.11 Å². The summed E-state index contributed by atoms with van der Waals surface area (Å²) < 4.78 is 5.10. The van der Waals surface area contributed by atoms with Gasteiger partial charge in [-0.1, -0.05) is 6.07 Å². The van der Waals surface area contributed by atoms with Crippen LogP contribution in [-0.4, -0.2) is 12.2 Å². The maximum absolute atomic E-state index is 9.64. The molecule has 2 nitrogen and oxygen atoms in total.